The third-order valence-electron chi connectivity index (χ3n) is 2.31. The molecule has 2 heterocycles. The van der Waals surface area contributed by atoms with Gasteiger partial charge in [0.1, 0.15) is 0 Å². The lowest BCUT2D eigenvalue weighted by Gasteiger charge is -2.23. The second-order valence-corrected chi connectivity index (χ2v) is 3.33. The van der Waals surface area contributed by atoms with Crippen LogP contribution in [0.3, 0.4) is 0 Å². The van der Waals surface area contributed by atoms with Gasteiger partial charge in [0.15, 0.2) is 0 Å². The number of rotatable bonds is 2. The maximum Gasteiger partial charge on any atom is 0.0733 e. The first-order chi connectivity index (χ1) is 6.90. The predicted molar refractivity (Wildman–Crippen MR) is 51.7 cm³/mol. The topological polar surface area (TPSA) is 54.4 Å². The quantitative estimate of drug-likeness (QED) is 0.708. The van der Waals surface area contributed by atoms with Crippen molar-refractivity contribution in [2.24, 2.45) is 0 Å². The number of nitrogens with one attached hydrogen (secondary N) is 1. The lowest BCUT2D eigenvalue weighted by atomic mass is 10.1. The van der Waals surface area contributed by atoms with E-state index in [0.29, 0.717) is 6.61 Å². The summed E-state index contributed by atoms with van der Waals surface area (Å²) in [4.78, 5) is 4.27. The molecule has 14 heavy (non-hydrogen) atoms. The number of ether oxygens (including phenoxy) is 1. The van der Waals surface area contributed by atoms with E-state index in [-0.39, 0.29) is 12.6 Å². The van der Waals surface area contributed by atoms with Crippen LogP contribution in [0.4, 0.5) is 0 Å². The van der Waals surface area contributed by atoms with E-state index in [2.05, 4.69) is 10.3 Å². The second-order valence-electron chi connectivity index (χ2n) is 3.33. The molecule has 1 saturated heterocycles. The molecule has 0 amide bonds. The molecule has 76 valence electrons. The third-order valence-corrected chi connectivity index (χ3v) is 2.31. The highest BCUT2D eigenvalue weighted by molar-refractivity contribution is 5.16. The molecule has 0 bridgehead atoms. The first-order valence-electron chi connectivity index (χ1n) is 4.77. The number of aliphatic hydroxyl groups is 1. The van der Waals surface area contributed by atoms with E-state index in [9.17, 15) is 0 Å². The highest BCUT2D eigenvalue weighted by Gasteiger charge is 2.15. The Balaban J connectivity index is 2.07. The van der Waals surface area contributed by atoms with Gasteiger partial charge >= 0.3 is 0 Å². The summed E-state index contributed by atoms with van der Waals surface area (Å²) >= 11 is 0. The third kappa shape index (κ3) is 2.09. The van der Waals surface area contributed by atoms with Crippen molar-refractivity contribution in [1.29, 1.82) is 0 Å². The minimum absolute atomic E-state index is 0.0435. The van der Waals surface area contributed by atoms with Crippen LogP contribution in [0.5, 0.6) is 0 Å². The van der Waals surface area contributed by atoms with E-state index >= 15 is 0 Å². The SMILES string of the molecule is OCc1ccc([C@H]2COCCN2)nc1. The van der Waals surface area contributed by atoms with Gasteiger partial charge in [-0.05, 0) is 11.6 Å². The van der Waals surface area contributed by atoms with Gasteiger partial charge in [-0.2, -0.15) is 0 Å². The van der Waals surface area contributed by atoms with E-state index in [4.69, 9.17) is 9.84 Å². The van der Waals surface area contributed by atoms with Crippen LogP contribution in [-0.4, -0.2) is 29.8 Å². The summed E-state index contributed by atoms with van der Waals surface area (Å²) in [5, 5.41) is 12.2. The van der Waals surface area contributed by atoms with Gasteiger partial charge in [-0.15, -0.1) is 0 Å². The van der Waals surface area contributed by atoms with Gasteiger partial charge in [0.05, 0.1) is 31.6 Å². The van der Waals surface area contributed by atoms with Crippen molar-refractivity contribution in [1.82, 2.24) is 10.3 Å². The smallest absolute Gasteiger partial charge is 0.0733 e. The van der Waals surface area contributed by atoms with Crippen molar-refractivity contribution < 1.29 is 9.84 Å². The molecule has 2 rings (SSSR count). The minimum atomic E-state index is 0.0435. The summed E-state index contributed by atoms with van der Waals surface area (Å²) in [6.07, 6.45) is 1.70. The molecule has 4 nitrogen and oxygen atoms in total. The van der Waals surface area contributed by atoms with Crippen LogP contribution in [-0.2, 0) is 11.3 Å². The molecule has 1 aliphatic rings. The maximum absolute atomic E-state index is 8.86. The molecule has 0 radical (unpaired) electrons. The average molecular weight is 194 g/mol. The molecule has 0 unspecified atom stereocenters. The number of pyridine rings is 1. The van der Waals surface area contributed by atoms with Gasteiger partial charge in [-0.3, -0.25) is 4.98 Å². The number of nitrogens with zero attached hydrogens (tertiary/aromatic N) is 1. The molecule has 2 N–H and O–H groups in total. The maximum atomic E-state index is 8.86. The number of aliphatic hydroxyl groups excluding tert-OH is 1. The lowest BCUT2D eigenvalue weighted by molar-refractivity contribution is 0.0756. The monoisotopic (exact) mass is 194 g/mol. The van der Waals surface area contributed by atoms with E-state index < -0.39 is 0 Å². The van der Waals surface area contributed by atoms with Crippen LogP contribution in [0.1, 0.15) is 17.3 Å². The van der Waals surface area contributed by atoms with Crippen molar-refractivity contribution in [2.75, 3.05) is 19.8 Å². The fourth-order valence-electron chi connectivity index (χ4n) is 1.49. The summed E-state index contributed by atoms with van der Waals surface area (Å²) in [6.45, 7) is 2.35. The zero-order chi connectivity index (χ0) is 9.80. The number of hydrogen-bond acceptors (Lipinski definition) is 4. The standard InChI is InChI=1S/C10H14N2O2/c13-6-8-1-2-9(12-5-8)10-7-14-4-3-11-10/h1-2,5,10-11,13H,3-4,6-7H2/t10-/m1/s1. The molecule has 1 aromatic heterocycles. The van der Waals surface area contributed by atoms with Gasteiger partial charge in [-0.25, -0.2) is 0 Å². The predicted octanol–water partition coefficient (Wildman–Crippen LogP) is 0.235. The molecule has 1 aliphatic heterocycles. The van der Waals surface area contributed by atoms with Crippen LogP contribution in [0.25, 0.3) is 0 Å². The first kappa shape index (κ1) is 9.58. The Bertz CT molecular complexity index is 281. The van der Waals surface area contributed by atoms with Gasteiger partial charge in [0.2, 0.25) is 0 Å². The molecular weight excluding hydrogens is 180 g/mol. The van der Waals surface area contributed by atoms with Gasteiger partial charge in [0.25, 0.3) is 0 Å². The van der Waals surface area contributed by atoms with Gasteiger partial charge < -0.3 is 15.2 Å². The molecule has 1 aromatic rings. The highest BCUT2D eigenvalue weighted by Crippen LogP contribution is 2.13. The second kappa shape index (κ2) is 4.50. The van der Waals surface area contributed by atoms with Crippen molar-refractivity contribution in [2.45, 2.75) is 12.6 Å². The molecule has 1 fully saturated rings. The average Bonchev–Trinajstić information content (AvgIpc) is 2.30. The minimum Gasteiger partial charge on any atom is -0.392 e. The fourth-order valence-corrected chi connectivity index (χ4v) is 1.49. The van der Waals surface area contributed by atoms with Crippen molar-refractivity contribution in [3.8, 4) is 0 Å². The van der Waals surface area contributed by atoms with Crippen LogP contribution < -0.4 is 5.32 Å². The Morgan fingerprint density at radius 3 is 3.07 bits per heavy atom. The Labute approximate surface area is 82.9 Å². The molecule has 0 aromatic carbocycles. The summed E-state index contributed by atoms with van der Waals surface area (Å²) in [7, 11) is 0. The molecule has 0 spiro atoms. The molecule has 0 aliphatic carbocycles. The summed E-state index contributed by atoms with van der Waals surface area (Å²) in [5.41, 5.74) is 1.81. The molecule has 0 saturated carbocycles. The first-order valence-corrected chi connectivity index (χ1v) is 4.77. The van der Waals surface area contributed by atoms with Crippen LogP contribution in [0, 0.1) is 0 Å². The molecule has 4 heteroatoms. The largest absolute Gasteiger partial charge is 0.392 e. The van der Waals surface area contributed by atoms with Gasteiger partial charge in [0, 0.05) is 12.7 Å². The summed E-state index contributed by atoms with van der Waals surface area (Å²) < 4.78 is 5.34. The summed E-state index contributed by atoms with van der Waals surface area (Å²) in [5.74, 6) is 0. The van der Waals surface area contributed by atoms with Crippen molar-refractivity contribution in [3.63, 3.8) is 0 Å². The lowest BCUT2D eigenvalue weighted by Crippen LogP contribution is -2.35. The van der Waals surface area contributed by atoms with Crippen LogP contribution in [0.2, 0.25) is 0 Å². The van der Waals surface area contributed by atoms with E-state index in [1.54, 1.807) is 6.20 Å². The Morgan fingerprint density at radius 2 is 2.50 bits per heavy atom. The number of morpholine rings is 1. The van der Waals surface area contributed by atoms with Crippen LogP contribution >= 0.6 is 0 Å². The highest BCUT2D eigenvalue weighted by atomic mass is 16.5. The van der Waals surface area contributed by atoms with E-state index in [1.807, 2.05) is 12.1 Å². The molecule has 1 atom stereocenters. The number of aromatic nitrogens is 1. The normalized spacial score (nSPS) is 22.2. The summed E-state index contributed by atoms with van der Waals surface area (Å²) in [6, 6.07) is 4.01. The zero-order valence-electron chi connectivity index (χ0n) is 7.94. The Morgan fingerprint density at radius 1 is 1.57 bits per heavy atom. The van der Waals surface area contributed by atoms with Crippen LogP contribution in [0.15, 0.2) is 18.3 Å². The Hall–Kier alpha value is -0.970. The van der Waals surface area contributed by atoms with E-state index in [1.165, 1.54) is 0 Å². The van der Waals surface area contributed by atoms with Gasteiger partial charge in [-0.1, -0.05) is 6.07 Å². The fraction of sp³-hybridized carbons (Fsp3) is 0.500. The van der Waals surface area contributed by atoms with Crippen molar-refractivity contribution in [3.05, 3.63) is 29.6 Å². The van der Waals surface area contributed by atoms with Crippen molar-refractivity contribution >= 4 is 0 Å². The zero-order valence-corrected chi connectivity index (χ0v) is 7.94. The molecular formula is C10H14N2O2. The van der Waals surface area contributed by atoms with E-state index in [0.717, 1.165) is 24.4 Å². The number of hydrogen-bond donors (Lipinski definition) is 2. The Kier molecular flexibility index (Phi) is 3.08.